The SMILES string of the molecule is CCOC(=O)c1c(-c2ccc(I)cc2)csc1N. The van der Waals surface area contributed by atoms with Crippen molar-refractivity contribution in [2.24, 2.45) is 0 Å². The molecule has 1 aromatic heterocycles. The number of esters is 1. The first-order valence-corrected chi connectivity index (χ1v) is 7.39. The summed E-state index contributed by atoms with van der Waals surface area (Å²) < 4.78 is 6.19. The van der Waals surface area contributed by atoms with Crippen LogP contribution in [0.4, 0.5) is 5.00 Å². The molecule has 0 aliphatic rings. The number of nitrogens with two attached hydrogens (primary N) is 1. The van der Waals surface area contributed by atoms with Crippen molar-refractivity contribution >= 4 is 44.9 Å². The van der Waals surface area contributed by atoms with E-state index in [2.05, 4.69) is 22.6 Å². The largest absolute Gasteiger partial charge is 0.462 e. The van der Waals surface area contributed by atoms with Gasteiger partial charge in [-0.3, -0.25) is 0 Å². The molecule has 0 saturated heterocycles. The van der Waals surface area contributed by atoms with Crippen LogP contribution < -0.4 is 5.73 Å². The summed E-state index contributed by atoms with van der Waals surface area (Å²) >= 11 is 3.60. The molecule has 0 unspecified atom stereocenters. The van der Waals surface area contributed by atoms with E-state index in [4.69, 9.17) is 10.5 Å². The van der Waals surface area contributed by atoms with Crippen molar-refractivity contribution in [3.8, 4) is 11.1 Å². The molecule has 3 nitrogen and oxygen atoms in total. The van der Waals surface area contributed by atoms with Gasteiger partial charge in [0.15, 0.2) is 0 Å². The van der Waals surface area contributed by atoms with Crippen LogP contribution in [0, 0.1) is 3.57 Å². The van der Waals surface area contributed by atoms with Crippen molar-refractivity contribution in [2.45, 2.75) is 6.92 Å². The number of carbonyl (C=O) groups excluding carboxylic acids is 1. The minimum Gasteiger partial charge on any atom is -0.462 e. The van der Waals surface area contributed by atoms with Crippen molar-refractivity contribution in [3.05, 3.63) is 38.8 Å². The zero-order chi connectivity index (χ0) is 13.1. The molecule has 0 amide bonds. The lowest BCUT2D eigenvalue weighted by atomic mass is 10.0. The fourth-order valence-corrected chi connectivity index (χ4v) is 2.80. The molecule has 0 bridgehead atoms. The third kappa shape index (κ3) is 2.67. The van der Waals surface area contributed by atoms with Crippen molar-refractivity contribution in [2.75, 3.05) is 12.3 Å². The van der Waals surface area contributed by atoms with Crippen molar-refractivity contribution in [1.82, 2.24) is 0 Å². The van der Waals surface area contributed by atoms with Crippen molar-refractivity contribution in [1.29, 1.82) is 0 Å². The molecule has 0 fully saturated rings. The molecule has 0 saturated carbocycles. The molecule has 0 aliphatic heterocycles. The second kappa shape index (κ2) is 5.71. The van der Waals surface area contributed by atoms with E-state index in [0.717, 1.165) is 14.7 Å². The highest BCUT2D eigenvalue weighted by atomic mass is 127. The van der Waals surface area contributed by atoms with Crippen LogP contribution in [0.25, 0.3) is 11.1 Å². The zero-order valence-corrected chi connectivity index (χ0v) is 12.7. The van der Waals surface area contributed by atoms with Crippen LogP contribution in [0.2, 0.25) is 0 Å². The summed E-state index contributed by atoms with van der Waals surface area (Å²) in [5.41, 5.74) is 8.15. The van der Waals surface area contributed by atoms with Crippen LogP contribution in [0.5, 0.6) is 0 Å². The predicted octanol–water partition coefficient (Wildman–Crippen LogP) is 3.78. The Bertz CT molecular complexity index is 563. The Morgan fingerprint density at radius 3 is 2.67 bits per heavy atom. The maximum atomic E-state index is 11.9. The Hall–Kier alpha value is -1.08. The number of hydrogen-bond acceptors (Lipinski definition) is 4. The van der Waals surface area contributed by atoms with Gasteiger partial charge in [-0.05, 0) is 47.2 Å². The summed E-state index contributed by atoms with van der Waals surface area (Å²) in [6, 6.07) is 7.95. The molecule has 2 N–H and O–H groups in total. The lowest BCUT2D eigenvalue weighted by Crippen LogP contribution is -2.07. The molecule has 94 valence electrons. The highest BCUT2D eigenvalue weighted by molar-refractivity contribution is 14.1. The third-order valence-corrected chi connectivity index (χ3v) is 3.99. The minimum absolute atomic E-state index is 0.347. The number of rotatable bonds is 3. The average Bonchev–Trinajstić information content (AvgIpc) is 2.72. The molecule has 0 aliphatic carbocycles. The maximum Gasteiger partial charge on any atom is 0.341 e. The van der Waals surface area contributed by atoms with Gasteiger partial charge in [0.1, 0.15) is 10.6 Å². The van der Waals surface area contributed by atoms with E-state index < -0.39 is 0 Å². The lowest BCUT2D eigenvalue weighted by molar-refractivity contribution is 0.0529. The summed E-state index contributed by atoms with van der Waals surface area (Å²) in [7, 11) is 0. The van der Waals surface area contributed by atoms with Gasteiger partial charge < -0.3 is 10.5 Å². The Labute approximate surface area is 123 Å². The molecule has 1 aromatic carbocycles. The molecular formula is C13H12INO2S. The quantitative estimate of drug-likeness (QED) is 0.658. The highest BCUT2D eigenvalue weighted by Gasteiger charge is 2.19. The lowest BCUT2D eigenvalue weighted by Gasteiger charge is -2.05. The van der Waals surface area contributed by atoms with E-state index in [1.54, 1.807) is 6.92 Å². The van der Waals surface area contributed by atoms with E-state index in [1.807, 2.05) is 29.6 Å². The smallest absolute Gasteiger partial charge is 0.341 e. The summed E-state index contributed by atoms with van der Waals surface area (Å²) in [4.78, 5) is 11.9. The summed E-state index contributed by atoms with van der Waals surface area (Å²) in [6.07, 6.45) is 0. The highest BCUT2D eigenvalue weighted by Crippen LogP contribution is 2.34. The molecule has 2 aromatic rings. The Balaban J connectivity index is 2.45. The predicted molar refractivity (Wildman–Crippen MR) is 82.8 cm³/mol. The van der Waals surface area contributed by atoms with Crippen molar-refractivity contribution in [3.63, 3.8) is 0 Å². The number of anilines is 1. The van der Waals surface area contributed by atoms with Crippen molar-refractivity contribution < 1.29 is 9.53 Å². The van der Waals surface area contributed by atoms with E-state index in [9.17, 15) is 4.79 Å². The molecule has 0 spiro atoms. The number of nitrogen functional groups attached to an aromatic ring is 1. The van der Waals surface area contributed by atoms with E-state index in [1.165, 1.54) is 11.3 Å². The second-order valence-corrected chi connectivity index (χ2v) is 5.77. The van der Waals surface area contributed by atoms with Crippen LogP contribution in [-0.4, -0.2) is 12.6 Å². The first-order valence-electron chi connectivity index (χ1n) is 5.43. The Kier molecular flexibility index (Phi) is 4.23. The number of benzene rings is 1. The van der Waals surface area contributed by atoms with Gasteiger partial charge in [0.2, 0.25) is 0 Å². The molecular weight excluding hydrogens is 361 g/mol. The molecule has 1 heterocycles. The summed E-state index contributed by atoms with van der Waals surface area (Å²) in [6.45, 7) is 2.13. The van der Waals surface area contributed by atoms with Gasteiger partial charge in [0, 0.05) is 14.5 Å². The topological polar surface area (TPSA) is 52.3 Å². The van der Waals surface area contributed by atoms with Gasteiger partial charge in [-0.1, -0.05) is 12.1 Å². The molecule has 0 atom stereocenters. The fraction of sp³-hybridized carbons (Fsp3) is 0.154. The van der Waals surface area contributed by atoms with Gasteiger partial charge in [0.05, 0.1) is 6.61 Å². The van der Waals surface area contributed by atoms with Gasteiger partial charge in [-0.15, -0.1) is 11.3 Å². The monoisotopic (exact) mass is 373 g/mol. The zero-order valence-electron chi connectivity index (χ0n) is 9.77. The first kappa shape index (κ1) is 13.4. The van der Waals surface area contributed by atoms with Crippen LogP contribution in [-0.2, 0) is 4.74 Å². The van der Waals surface area contributed by atoms with Gasteiger partial charge in [0.25, 0.3) is 0 Å². The third-order valence-electron chi connectivity index (χ3n) is 2.45. The maximum absolute atomic E-state index is 11.9. The first-order chi connectivity index (χ1) is 8.63. The molecule has 0 radical (unpaired) electrons. The van der Waals surface area contributed by atoms with Gasteiger partial charge in [-0.2, -0.15) is 0 Å². The van der Waals surface area contributed by atoms with E-state index in [-0.39, 0.29) is 5.97 Å². The Morgan fingerprint density at radius 1 is 1.39 bits per heavy atom. The second-order valence-electron chi connectivity index (χ2n) is 3.62. The molecule has 2 rings (SSSR count). The number of halogens is 1. The van der Waals surface area contributed by atoms with E-state index >= 15 is 0 Å². The van der Waals surface area contributed by atoms with Gasteiger partial charge in [-0.25, -0.2) is 4.79 Å². The molecule has 18 heavy (non-hydrogen) atoms. The fourth-order valence-electron chi connectivity index (χ4n) is 1.63. The number of thiophene rings is 1. The number of ether oxygens (including phenoxy) is 1. The van der Waals surface area contributed by atoms with Crippen LogP contribution >= 0.6 is 33.9 Å². The Morgan fingerprint density at radius 2 is 2.06 bits per heavy atom. The van der Waals surface area contributed by atoms with Crippen LogP contribution in [0.1, 0.15) is 17.3 Å². The summed E-state index contributed by atoms with van der Waals surface area (Å²) in [5.74, 6) is -0.357. The number of carbonyl (C=O) groups is 1. The standard InChI is InChI=1S/C13H12INO2S/c1-2-17-13(16)11-10(7-18-12(11)15)8-3-5-9(14)6-4-8/h3-7H,2,15H2,1H3. The van der Waals surface area contributed by atoms with E-state index in [0.29, 0.717) is 17.2 Å². The average molecular weight is 373 g/mol. The van der Waals surface area contributed by atoms with Crippen LogP contribution in [0.3, 0.4) is 0 Å². The minimum atomic E-state index is -0.357. The summed E-state index contributed by atoms with van der Waals surface area (Å²) in [5, 5.41) is 2.39. The number of hydrogen-bond donors (Lipinski definition) is 1. The van der Waals surface area contributed by atoms with Gasteiger partial charge >= 0.3 is 5.97 Å². The normalized spacial score (nSPS) is 10.3. The van der Waals surface area contributed by atoms with Crippen LogP contribution in [0.15, 0.2) is 29.6 Å². The molecule has 5 heteroatoms.